The molecular formula is C15H18N2O2. The molecular weight excluding hydrogens is 240 g/mol. The van der Waals surface area contributed by atoms with Crippen molar-refractivity contribution in [2.75, 3.05) is 20.2 Å². The van der Waals surface area contributed by atoms with Crippen molar-refractivity contribution < 1.29 is 9.84 Å². The second-order valence-corrected chi connectivity index (χ2v) is 5.66. The van der Waals surface area contributed by atoms with E-state index >= 15 is 0 Å². The lowest BCUT2D eigenvalue weighted by Gasteiger charge is -2.45. The van der Waals surface area contributed by atoms with Crippen LogP contribution in [0.3, 0.4) is 0 Å². The summed E-state index contributed by atoms with van der Waals surface area (Å²) in [7, 11) is 2.13. The molecule has 3 unspecified atom stereocenters. The molecule has 1 aliphatic heterocycles. The van der Waals surface area contributed by atoms with E-state index in [9.17, 15) is 5.11 Å². The van der Waals surface area contributed by atoms with Crippen molar-refractivity contribution in [2.45, 2.75) is 24.7 Å². The number of aromatic nitrogens is 1. The summed E-state index contributed by atoms with van der Waals surface area (Å²) >= 11 is 0. The molecule has 1 aromatic heterocycles. The van der Waals surface area contributed by atoms with Gasteiger partial charge in [-0.2, -0.15) is 0 Å². The Morgan fingerprint density at radius 3 is 3.21 bits per heavy atom. The first-order valence-corrected chi connectivity index (χ1v) is 6.83. The molecule has 4 rings (SSSR count). The molecule has 19 heavy (non-hydrogen) atoms. The van der Waals surface area contributed by atoms with Crippen LogP contribution < -0.4 is 0 Å². The van der Waals surface area contributed by atoms with Crippen molar-refractivity contribution in [3.8, 4) is 0 Å². The number of rotatable bonds is 1. The smallest absolute Gasteiger partial charge is 0.0995 e. The molecule has 0 saturated carbocycles. The van der Waals surface area contributed by atoms with Crippen molar-refractivity contribution in [3.05, 3.63) is 35.5 Å². The van der Waals surface area contributed by atoms with E-state index in [4.69, 9.17) is 4.74 Å². The third-order valence-corrected chi connectivity index (χ3v) is 4.51. The number of morpholine rings is 1. The Morgan fingerprint density at radius 2 is 2.37 bits per heavy atom. The van der Waals surface area contributed by atoms with E-state index in [1.54, 1.807) is 0 Å². The summed E-state index contributed by atoms with van der Waals surface area (Å²) in [5.74, 6) is 0. The molecule has 4 heteroatoms. The van der Waals surface area contributed by atoms with Crippen LogP contribution in [0.4, 0.5) is 0 Å². The predicted molar refractivity (Wildman–Crippen MR) is 73.1 cm³/mol. The maximum absolute atomic E-state index is 9.39. The molecule has 0 spiro atoms. The van der Waals surface area contributed by atoms with Crippen LogP contribution in [0.15, 0.2) is 24.4 Å². The van der Waals surface area contributed by atoms with Crippen LogP contribution in [-0.2, 0) is 11.2 Å². The second kappa shape index (κ2) is 4.07. The Kier molecular flexibility index (Phi) is 2.45. The van der Waals surface area contributed by atoms with Gasteiger partial charge in [0.1, 0.15) is 0 Å². The fraction of sp³-hybridized carbons (Fsp3) is 0.467. The SMILES string of the molecule is CN1CC(CO)OC2c3cccc4[nH]cc(c34)CC21. The molecule has 1 aromatic carbocycles. The van der Waals surface area contributed by atoms with Crippen LogP contribution in [-0.4, -0.2) is 47.3 Å². The average molecular weight is 258 g/mol. The Hall–Kier alpha value is -1.36. The van der Waals surface area contributed by atoms with Gasteiger partial charge in [0.2, 0.25) is 0 Å². The van der Waals surface area contributed by atoms with Gasteiger partial charge in [-0.1, -0.05) is 12.1 Å². The highest BCUT2D eigenvalue weighted by Gasteiger charge is 2.39. The first-order chi connectivity index (χ1) is 9.28. The van der Waals surface area contributed by atoms with Gasteiger partial charge < -0.3 is 14.8 Å². The van der Waals surface area contributed by atoms with Crippen LogP contribution in [0, 0.1) is 0 Å². The number of aliphatic hydroxyl groups excluding tert-OH is 1. The Balaban J connectivity index is 1.86. The zero-order chi connectivity index (χ0) is 13.0. The Morgan fingerprint density at radius 1 is 1.47 bits per heavy atom. The van der Waals surface area contributed by atoms with Crippen molar-refractivity contribution in [3.63, 3.8) is 0 Å². The minimum atomic E-state index is -0.0815. The minimum Gasteiger partial charge on any atom is -0.394 e. The lowest BCUT2D eigenvalue weighted by Crippen LogP contribution is -2.52. The van der Waals surface area contributed by atoms with E-state index in [1.807, 2.05) is 0 Å². The van der Waals surface area contributed by atoms with Gasteiger partial charge in [0.15, 0.2) is 0 Å². The summed E-state index contributed by atoms with van der Waals surface area (Å²) in [6.07, 6.45) is 3.12. The van der Waals surface area contributed by atoms with Gasteiger partial charge >= 0.3 is 0 Å². The number of fused-ring (bicyclic) bond motifs is 2. The van der Waals surface area contributed by atoms with Gasteiger partial charge in [-0.15, -0.1) is 0 Å². The van der Waals surface area contributed by atoms with Crippen molar-refractivity contribution in [2.24, 2.45) is 0 Å². The van der Waals surface area contributed by atoms with Crippen molar-refractivity contribution in [1.82, 2.24) is 9.88 Å². The molecule has 100 valence electrons. The van der Waals surface area contributed by atoms with Gasteiger partial charge in [-0.05, 0) is 30.7 Å². The van der Waals surface area contributed by atoms with Crippen LogP contribution >= 0.6 is 0 Å². The molecule has 2 aromatic rings. The topological polar surface area (TPSA) is 48.5 Å². The zero-order valence-electron chi connectivity index (χ0n) is 11.0. The van der Waals surface area contributed by atoms with E-state index in [1.165, 1.54) is 22.0 Å². The number of benzene rings is 1. The first kappa shape index (κ1) is 11.5. The molecule has 1 fully saturated rings. The van der Waals surface area contributed by atoms with Gasteiger partial charge in [0, 0.05) is 29.7 Å². The summed E-state index contributed by atoms with van der Waals surface area (Å²) < 4.78 is 6.12. The quantitative estimate of drug-likeness (QED) is 0.814. The number of H-pyrrole nitrogens is 1. The van der Waals surface area contributed by atoms with Crippen LogP contribution in [0.5, 0.6) is 0 Å². The summed E-state index contributed by atoms with van der Waals surface area (Å²) in [5.41, 5.74) is 3.82. The molecule has 2 N–H and O–H groups in total. The van der Waals surface area contributed by atoms with Crippen LogP contribution in [0.25, 0.3) is 10.9 Å². The van der Waals surface area contributed by atoms with E-state index in [0.717, 1.165) is 13.0 Å². The molecule has 0 amide bonds. The minimum absolute atomic E-state index is 0.0721. The molecule has 1 saturated heterocycles. The summed E-state index contributed by atoms with van der Waals surface area (Å²) in [4.78, 5) is 5.67. The van der Waals surface area contributed by atoms with E-state index in [-0.39, 0.29) is 18.8 Å². The lowest BCUT2D eigenvalue weighted by atomic mass is 9.85. The van der Waals surface area contributed by atoms with E-state index < -0.39 is 0 Å². The number of aromatic amines is 1. The first-order valence-electron chi connectivity index (χ1n) is 6.83. The molecule has 4 nitrogen and oxygen atoms in total. The fourth-order valence-electron chi connectivity index (χ4n) is 3.58. The number of ether oxygens (including phenoxy) is 1. The lowest BCUT2D eigenvalue weighted by molar-refractivity contribution is -0.130. The van der Waals surface area contributed by atoms with Crippen molar-refractivity contribution in [1.29, 1.82) is 0 Å². The van der Waals surface area contributed by atoms with E-state index in [2.05, 4.69) is 41.3 Å². The van der Waals surface area contributed by atoms with Gasteiger partial charge in [-0.3, -0.25) is 4.90 Å². The highest BCUT2D eigenvalue weighted by molar-refractivity contribution is 5.88. The number of nitrogens with zero attached hydrogens (tertiary/aromatic N) is 1. The average Bonchev–Trinajstić information content (AvgIpc) is 2.85. The van der Waals surface area contributed by atoms with Crippen molar-refractivity contribution >= 4 is 10.9 Å². The molecule has 3 atom stereocenters. The van der Waals surface area contributed by atoms with Gasteiger partial charge in [0.05, 0.1) is 18.8 Å². The highest BCUT2D eigenvalue weighted by Crippen LogP contribution is 2.41. The molecule has 0 bridgehead atoms. The molecule has 2 heterocycles. The fourth-order valence-corrected chi connectivity index (χ4v) is 3.58. The normalized spacial score (nSPS) is 30.5. The third-order valence-electron chi connectivity index (χ3n) is 4.51. The number of likely N-dealkylation sites (N-methyl/N-ethyl adjacent to an activating group) is 1. The highest BCUT2D eigenvalue weighted by atomic mass is 16.5. The maximum Gasteiger partial charge on any atom is 0.0995 e. The number of hydrogen-bond donors (Lipinski definition) is 2. The standard InChI is InChI=1S/C15H18N2O2/c1-17-7-10(8-18)19-15-11-3-2-4-12-14(11)9(6-16-12)5-13(15)17/h2-4,6,10,13,15-16,18H,5,7-8H2,1H3. The molecule has 0 radical (unpaired) electrons. The summed E-state index contributed by atoms with van der Waals surface area (Å²) in [6, 6.07) is 6.71. The molecule has 1 aliphatic carbocycles. The number of nitrogens with one attached hydrogen (secondary N) is 1. The maximum atomic E-state index is 9.39. The number of aliphatic hydroxyl groups is 1. The largest absolute Gasteiger partial charge is 0.394 e. The van der Waals surface area contributed by atoms with Gasteiger partial charge in [-0.25, -0.2) is 0 Å². The second-order valence-electron chi connectivity index (χ2n) is 5.66. The monoisotopic (exact) mass is 258 g/mol. The van der Waals surface area contributed by atoms with Gasteiger partial charge in [0.25, 0.3) is 0 Å². The Labute approximate surface area is 112 Å². The number of hydrogen-bond acceptors (Lipinski definition) is 3. The molecule has 2 aliphatic rings. The summed E-state index contributed by atoms with van der Waals surface area (Å²) in [5, 5.41) is 10.7. The summed E-state index contributed by atoms with van der Waals surface area (Å²) in [6.45, 7) is 0.886. The Bertz CT molecular complexity index is 622. The van der Waals surface area contributed by atoms with Crippen LogP contribution in [0.1, 0.15) is 17.2 Å². The van der Waals surface area contributed by atoms with Crippen LogP contribution in [0.2, 0.25) is 0 Å². The zero-order valence-corrected chi connectivity index (χ0v) is 11.0. The van der Waals surface area contributed by atoms with E-state index in [0.29, 0.717) is 6.04 Å². The predicted octanol–water partition coefficient (Wildman–Crippen LogP) is 1.46. The third kappa shape index (κ3) is 1.57.